The van der Waals surface area contributed by atoms with Crippen LogP contribution in [0.2, 0.25) is 0 Å². The number of hydrogen-bond donors (Lipinski definition) is 1. The van der Waals surface area contributed by atoms with Crippen LogP contribution in [0.3, 0.4) is 0 Å². The number of para-hydroxylation sites is 2. The molecule has 0 amide bonds. The maximum Gasteiger partial charge on any atom is 0.320 e. The smallest absolute Gasteiger partial charge is 0.320 e. The summed E-state index contributed by atoms with van der Waals surface area (Å²) >= 11 is 0. The first-order valence-corrected chi connectivity index (χ1v) is 7.30. The van der Waals surface area contributed by atoms with E-state index in [9.17, 15) is 8.78 Å². The highest BCUT2D eigenvalue weighted by molar-refractivity contribution is 5.99. The van der Waals surface area contributed by atoms with Gasteiger partial charge in [0.2, 0.25) is 0 Å². The Balaban J connectivity index is 1.95. The van der Waals surface area contributed by atoms with Gasteiger partial charge < -0.3 is 4.74 Å². The lowest BCUT2D eigenvalue weighted by molar-refractivity contribution is 0.0740. The molecule has 0 radical (unpaired) electrons. The highest BCUT2D eigenvalue weighted by atomic mass is 19.3. The molecular formula is C17H16F2N4O. The van der Waals surface area contributed by atoms with Gasteiger partial charge in [-0.1, -0.05) is 18.2 Å². The fourth-order valence-corrected chi connectivity index (χ4v) is 2.39. The fourth-order valence-electron chi connectivity index (χ4n) is 2.39. The van der Waals surface area contributed by atoms with Crippen molar-refractivity contribution in [2.75, 3.05) is 12.5 Å². The standard InChI is InChI=1S/C17H16F2N4O/c1-11(21-22-12-6-5-7-13(10-12)24-2)16-20-14-8-3-4-9-15(14)23(16)17(18)19/h3-10,17,22H,1-2H3/b21-11+. The zero-order chi connectivity index (χ0) is 17.1. The van der Waals surface area contributed by atoms with E-state index in [0.29, 0.717) is 28.2 Å². The van der Waals surface area contributed by atoms with Crippen LogP contribution < -0.4 is 10.2 Å². The van der Waals surface area contributed by atoms with E-state index in [1.165, 1.54) is 0 Å². The number of rotatable bonds is 5. The first-order valence-electron chi connectivity index (χ1n) is 7.30. The van der Waals surface area contributed by atoms with E-state index in [0.717, 1.165) is 4.57 Å². The number of aromatic nitrogens is 2. The minimum absolute atomic E-state index is 0.126. The summed E-state index contributed by atoms with van der Waals surface area (Å²) in [4.78, 5) is 4.27. The van der Waals surface area contributed by atoms with Crippen molar-refractivity contribution < 1.29 is 13.5 Å². The first-order chi connectivity index (χ1) is 11.6. The van der Waals surface area contributed by atoms with Crippen molar-refractivity contribution in [1.29, 1.82) is 0 Å². The lowest BCUT2D eigenvalue weighted by Crippen LogP contribution is -2.11. The monoisotopic (exact) mass is 330 g/mol. The van der Waals surface area contributed by atoms with Gasteiger partial charge in [-0.3, -0.25) is 9.99 Å². The van der Waals surface area contributed by atoms with Crippen molar-refractivity contribution in [3.8, 4) is 5.75 Å². The predicted octanol–water partition coefficient (Wildman–Crippen LogP) is 4.28. The second-order valence-electron chi connectivity index (χ2n) is 5.11. The number of alkyl halides is 2. The van der Waals surface area contributed by atoms with Crippen molar-refractivity contribution in [2.45, 2.75) is 13.5 Å². The van der Waals surface area contributed by atoms with E-state index in [2.05, 4.69) is 15.5 Å². The highest BCUT2D eigenvalue weighted by Crippen LogP contribution is 2.23. The molecule has 0 atom stereocenters. The van der Waals surface area contributed by atoms with Crippen LogP contribution in [0.5, 0.6) is 5.75 Å². The minimum Gasteiger partial charge on any atom is -0.497 e. The Hall–Kier alpha value is -2.96. The van der Waals surface area contributed by atoms with Gasteiger partial charge in [-0.05, 0) is 31.2 Å². The molecule has 0 fully saturated rings. The van der Waals surface area contributed by atoms with Gasteiger partial charge in [0.1, 0.15) is 11.5 Å². The molecule has 0 unspecified atom stereocenters. The predicted molar refractivity (Wildman–Crippen MR) is 89.8 cm³/mol. The van der Waals surface area contributed by atoms with Crippen LogP contribution in [0, 0.1) is 0 Å². The number of hydrogen-bond acceptors (Lipinski definition) is 4. The molecule has 0 bridgehead atoms. The Labute approximate surface area is 137 Å². The number of anilines is 1. The molecule has 124 valence electrons. The van der Waals surface area contributed by atoms with Crippen molar-refractivity contribution in [3.63, 3.8) is 0 Å². The molecular weight excluding hydrogens is 314 g/mol. The Bertz CT molecular complexity index is 889. The maximum atomic E-state index is 13.4. The molecule has 1 aromatic heterocycles. The van der Waals surface area contributed by atoms with Crippen LogP contribution in [-0.4, -0.2) is 22.4 Å². The Morgan fingerprint density at radius 1 is 1.21 bits per heavy atom. The molecule has 0 spiro atoms. The summed E-state index contributed by atoms with van der Waals surface area (Å²) in [5, 5.41) is 4.17. The van der Waals surface area contributed by atoms with Crippen LogP contribution in [-0.2, 0) is 0 Å². The average Bonchev–Trinajstić information content (AvgIpc) is 2.99. The number of imidazole rings is 1. The van der Waals surface area contributed by atoms with Gasteiger partial charge in [0.05, 0.1) is 23.8 Å². The van der Waals surface area contributed by atoms with Gasteiger partial charge in [-0.2, -0.15) is 13.9 Å². The lowest BCUT2D eigenvalue weighted by Gasteiger charge is -2.08. The molecule has 24 heavy (non-hydrogen) atoms. The summed E-state index contributed by atoms with van der Waals surface area (Å²) in [6.07, 6.45) is 0. The number of nitrogens with one attached hydrogen (secondary N) is 1. The van der Waals surface area contributed by atoms with Crippen LogP contribution in [0.25, 0.3) is 11.0 Å². The van der Waals surface area contributed by atoms with E-state index in [1.54, 1.807) is 62.6 Å². The number of hydrazone groups is 1. The molecule has 7 heteroatoms. The van der Waals surface area contributed by atoms with Gasteiger partial charge in [0.15, 0.2) is 5.82 Å². The molecule has 1 N–H and O–H groups in total. The van der Waals surface area contributed by atoms with Gasteiger partial charge in [0.25, 0.3) is 0 Å². The molecule has 0 aliphatic heterocycles. The molecule has 0 saturated heterocycles. The number of ether oxygens (including phenoxy) is 1. The first kappa shape index (κ1) is 15.9. The summed E-state index contributed by atoms with van der Waals surface area (Å²) in [7, 11) is 1.57. The molecule has 1 heterocycles. The van der Waals surface area contributed by atoms with Crippen LogP contribution >= 0.6 is 0 Å². The molecule has 0 aliphatic rings. The number of nitrogens with zero attached hydrogens (tertiary/aromatic N) is 3. The number of methoxy groups -OCH3 is 1. The maximum absolute atomic E-state index is 13.4. The molecule has 3 aromatic rings. The number of benzene rings is 2. The molecule has 3 rings (SSSR count). The third-order valence-corrected chi connectivity index (χ3v) is 3.54. The third kappa shape index (κ3) is 3.05. The zero-order valence-electron chi connectivity index (χ0n) is 13.2. The van der Waals surface area contributed by atoms with Crippen molar-refractivity contribution in [2.24, 2.45) is 5.10 Å². The second kappa shape index (κ2) is 6.66. The van der Waals surface area contributed by atoms with Crippen molar-refractivity contribution in [3.05, 3.63) is 54.4 Å². The number of fused-ring (bicyclic) bond motifs is 1. The normalized spacial score (nSPS) is 12.0. The molecule has 2 aromatic carbocycles. The van der Waals surface area contributed by atoms with E-state index in [4.69, 9.17) is 4.74 Å². The van der Waals surface area contributed by atoms with E-state index < -0.39 is 6.55 Å². The lowest BCUT2D eigenvalue weighted by atomic mass is 10.3. The second-order valence-corrected chi connectivity index (χ2v) is 5.11. The largest absolute Gasteiger partial charge is 0.497 e. The summed E-state index contributed by atoms with van der Waals surface area (Å²) in [5.74, 6) is 0.800. The Morgan fingerprint density at radius 2 is 2.00 bits per heavy atom. The quantitative estimate of drug-likeness (QED) is 0.561. The molecule has 5 nitrogen and oxygen atoms in total. The summed E-state index contributed by atoms with van der Waals surface area (Å²) in [6, 6.07) is 13.9. The number of halogens is 2. The van der Waals surface area contributed by atoms with Gasteiger partial charge in [0, 0.05) is 6.07 Å². The van der Waals surface area contributed by atoms with Crippen molar-refractivity contribution >= 4 is 22.4 Å². The fraction of sp³-hybridized carbons (Fsp3) is 0.176. The summed E-state index contributed by atoms with van der Waals surface area (Å²) in [6.45, 7) is -1.07. The van der Waals surface area contributed by atoms with Crippen LogP contribution in [0.15, 0.2) is 53.6 Å². The summed E-state index contributed by atoms with van der Waals surface area (Å²) in [5.41, 5.74) is 4.76. The van der Waals surface area contributed by atoms with Gasteiger partial charge >= 0.3 is 6.55 Å². The molecule has 0 saturated carbocycles. The highest BCUT2D eigenvalue weighted by Gasteiger charge is 2.19. The summed E-state index contributed by atoms with van der Waals surface area (Å²) < 4.78 is 32.9. The topological polar surface area (TPSA) is 51.4 Å². The van der Waals surface area contributed by atoms with Crippen molar-refractivity contribution in [1.82, 2.24) is 9.55 Å². The Morgan fingerprint density at radius 3 is 2.75 bits per heavy atom. The third-order valence-electron chi connectivity index (χ3n) is 3.54. The van der Waals surface area contributed by atoms with Gasteiger partial charge in [-0.15, -0.1) is 0 Å². The Kier molecular flexibility index (Phi) is 4.41. The minimum atomic E-state index is -2.70. The average molecular weight is 330 g/mol. The van der Waals surface area contributed by atoms with Gasteiger partial charge in [-0.25, -0.2) is 4.98 Å². The van der Waals surface area contributed by atoms with E-state index in [-0.39, 0.29) is 5.82 Å². The van der Waals surface area contributed by atoms with Crippen LogP contribution in [0.4, 0.5) is 14.5 Å². The zero-order valence-corrected chi connectivity index (χ0v) is 13.2. The SMILES string of the molecule is COc1cccc(N/N=C(\C)c2nc3ccccc3n2C(F)F)c1. The van der Waals surface area contributed by atoms with E-state index >= 15 is 0 Å². The van der Waals surface area contributed by atoms with E-state index in [1.807, 2.05) is 0 Å². The van der Waals surface area contributed by atoms with Crippen LogP contribution in [0.1, 0.15) is 19.3 Å². The molecule has 0 aliphatic carbocycles.